The number of rotatable bonds is 3. The van der Waals surface area contributed by atoms with E-state index in [9.17, 15) is 9.00 Å². The van der Waals surface area contributed by atoms with Crippen LogP contribution in [-0.2, 0) is 15.6 Å². The molecule has 0 bridgehead atoms. The van der Waals surface area contributed by atoms with Gasteiger partial charge in [-0.15, -0.1) is 0 Å². The Labute approximate surface area is 50.2 Å². The van der Waals surface area contributed by atoms with Crippen LogP contribution in [0.3, 0.4) is 0 Å². The quantitative estimate of drug-likeness (QED) is 0.586. The van der Waals surface area contributed by atoms with Gasteiger partial charge >= 0.3 is 5.97 Å². The maximum Gasteiger partial charge on any atom is 0.316 e. The predicted octanol–water partition coefficient (Wildman–Crippen LogP) is -0.160. The fraction of sp³-hybridized carbons (Fsp3) is 0.750. The highest BCUT2D eigenvalue weighted by Crippen LogP contribution is 1.78. The Morgan fingerprint density at radius 3 is 2.38 bits per heavy atom. The molecule has 0 saturated carbocycles. The van der Waals surface area contributed by atoms with E-state index in [0.717, 1.165) is 0 Å². The third-order valence-electron chi connectivity index (χ3n) is 0.606. The molecular formula is C4H8O3S. The second-order valence-electron chi connectivity index (χ2n) is 1.27. The molecule has 0 amide bonds. The van der Waals surface area contributed by atoms with Crippen LogP contribution in [0.15, 0.2) is 0 Å². The van der Waals surface area contributed by atoms with Gasteiger partial charge in [-0.3, -0.25) is 9.00 Å². The molecule has 1 atom stereocenters. The normalized spacial score (nSPS) is 13.1. The molecule has 0 saturated heterocycles. The molecule has 0 aliphatic rings. The number of hydrogen-bond donors (Lipinski definition) is 1. The number of carboxylic acid groups (broad SMARTS) is 1. The van der Waals surface area contributed by atoms with Gasteiger partial charge in [0.05, 0.1) is 0 Å². The van der Waals surface area contributed by atoms with E-state index in [-0.39, 0.29) is 5.75 Å². The summed E-state index contributed by atoms with van der Waals surface area (Å²) in [5.41, 5.74) is 0. The first-order valence-corrected chi connectivity index (χ1v) is 3.72. The fourth-order valence-electron chi connectivity index (χ4n) is 0.240. The van der Waals surface area contributed by atoms with Crippen molar-refractivity contribution in [1.29, 1.82) is 0 Å². The zero-order chi connectivity index (χ0) is 6.57. The molecule has 0 aromatic rings. The average molecular weight is 136 g/mol. The summed E-state index contributed by atoms with van der Waals surface area (Å²) in [5.74, 6) is -0.798. The smallest absolute Gasteiger partial charge is 0.316 e. The molecule has 48 valence electrons. The third kappa shape index (κ3) is 3.80. The van der Waals surface area contributed by atoms with E-state index in [1.807, 2.05) is 0 Å². The highest BCUT2D eigenvalue weighted by Gasteiger charge is 2.00. The van der Waals surface area contributed by atoms with E-state index in [4.69, 9.17) is 5.11 Å². The van der Waals surface area contributed by atoms with Crippen molar-refractivity contribution in [2.75, 3.05) is 11.5 Å². The van der Waals surface area contributed by atoms with Crippen molar-refractivity contribution in [3.05, 3.63) is 0 Å². The summed E-state index contributed by atoms with van der Waals surface area (Å²) in [6.45, 7) is 1.69. The molecule has 4 heteroatoms. The van der Waals surface area contributed by atoms with Crippen molar-refractivity contribution in [3.8, 4) is 0 Å². The predicted molar refractivity (Wildman–Crippen MR) is 31.2 cm³/mol. The van der Waals surface area contributed by atoms with Crippen LogP contribution in [0.2, 0.25) is 0 Å². The van der Waals surface area contributed by atoms with E-state index < -0.39 is 16.8 Å². The first-order chi connectivity index (χ1) is 3.66. The molecule has 3 nitrogen and oxygen atoms in total. The molecule has 8 heavy (non-hydrogen) atoms. The van der Waals surface area contributed by atoms with E-state index in [1.165, 1.54) is 0 Å². The summed E-state index contributed by atoms with van der Waals surface area (Å²) in [6, 6.07) is 0. The summed E-state index contributed by atoms with van der Waals surface area (Å²) in [7, 11) is -1.16. The van der Waals surface area contributed by atoms with Crippen LogP contribution in [0.1, 0.15) is 6.92 Å². The molecule has 0 aromatic heterocycles. The third-order valence-corrected chi connectivity index (χ3v) is 1.82. The largest absolute Gasteiger partial charge is 0.481 e. The molecule has 0 unspecified atom stereocenters. The van der Waals surface area contributed by atoms with Crippen molar-refractivity contribution in [1.82, 2.24) is 0 Å². The standard InChI is InChI=1S/C4H8O3S/c1-2-8(7)3-4(5)6/h2-3H2,1H3,(H,5,6)/t8-/m0/s1. The van der Waals surface area contributed by atoms with Gasteiger partial charge in [0.2, 0.25) is 0 Å². The number of carbonyl (C=O) groups is 1. The first kappa shape index (κ1) is 7.62. The lowest BCUT2D eigenvalue weighted by atomic mass is 10.8. The average Bonchev–Trinajstić information content (AvgIpc) is 1.65. The summed E-state index contributed by atoms with van der Waals surface area (Å²) in [6.07, 6.45) is 0. The van der Waals surface area contributed by atoms with Crippen LogP contribution < -0.4 is 0 Å². The Kier molecular flexibility index (Phi) is 3.43. The second-order valence-corrected chi connectivity index (χ2v) is 3.01. The molecular weight excluding hydrogens is 128 g/mol. The SMILES string of the molecule is CC[S@](=O)CC(=O)O. The second kappa shape index (κ2) is 3.60. The van der Waals surface area contributed by atoms with E-state index in [1.54, 1.807) is 6.92 Å². The van der Waals surface area contributed by atoms with Crippen LogP contribution in [0.5, 0.6) is 0 Å². The lowest BCUT2D eigenvalue weighted by Gasteiger charge is -1.88. The Bertz CT molecular complexity index is 110. The topological polar surface area (TPSA) is 54.4 Å². The molecule has 0 spiro atoms. The van der Waals surface area contributed by atoms with Gasteiger partial charge < -0.3 is 5.11 Å². The van der Waals surface area contributed by atoms with E-state index in [2.05, 4.69) is 0 Å². The molecule has 0 aliphatic carbocycles. The Morgan fingerprint density at radius 2 is 2.25 bits per heavy atom. The van der Waals surface area contributed by atoms with Gasteiger partial charge in [-0.2, -0.15) is 0 Å². The zero-order valence-electron chi connectivity index (χ0n) is 4.59. The van der Waals surface area contributed by atoms with Crippen LogP contribution in [0.4, 0.5) is 0 Å². The van der Waals surface area contributed by atoms with Crippen molar-refractivity contribution in [3.63, 3.8) is 0 Å². The van der Waals surface area contributed by atoms with Crippen LogP contribution in [0.25, 0.3) is 0 Å². The first-order valence-electron chi connectivity index (χ1n) is 2.23. The lowest BCUT2D eigenvalue weighted by molar-refractivity contribution is -0.133. The maximum absolute atomic E-state index is 10.4. The number of aliphatic carboxylic acids is 1. The molecule has 0 fully saturated rings. The highest BCUT2D eigenvalue weighted by atomic mass is 32.2. The van der Waals surface area contributed by atoms with Gasteiger partial charge in [0, 0.05) is 16.6 Å². The van der Waals surface area contributed by atoms with Crippen molar-refractivity contribution < 1.29 is 14.1 Å². The molecule has 0 heterocycles. The molecule has 0 aliphatic heterocycles. The monoisotopic (exact) mass is 136 g/mol. The van der Waals surface area contributed by atoms with Gasteiger partial charge in [-0.1, -0.05) is 6.92 Å². The summed E-state index contributed by atoms with van der Waals surface area (Å²) in [4.78, 5) is 9.78. The minimum atomic E-state index is -1.16. The molecule has 0 aromatic carbocycles. The van der Waals surface area contributed by atoms with Crippen molar-refractivity contribution in [2.24, 2.45) is 0 Å². The summed E-state index contributed by atoms with van der Waals surface area (Å²) >= 11 is 0. The Balaban J connectivity index is 3.40. The summed E-state index contributed by atoms with van der Waals surface area (Å²) < 4.78 is 10.4. The zero-order valence-corrected chi connectivity index (χ0v) is 5.40. The summed E-state index contributed by atoms with van der Waals surface area (Å²) in [5, 5.41) is 8.02. The Morgan fingerprint density at radius 1 is 1.75 bits per heavy atom. The van der Waals surface area contributed by atoms with Crippen LogP contribution in [-0.4, -0.2) is 26.8 Å². The minimum absolute atomic E-state index is 0.226. The van der Waals surface area contributed by atoms with Gasteiger partial charge in [0.25, 0.3) is 0 Å². The van der Waals surface area contributed by atoms with Gasteiger partial charge in [0.1, 0.15) is 5.75 Å². The molecule has 0 rings (SSSR count). The van der Waals surface area contributed by atoms with E-state index in [0.29, 0.717) is 5.75 Å². The minimum Gasteiger partial charge on any atom is -0.481 e. The van der Waals surface area contributed by atoms with Gasteiger partial charge in [-0.25, -0.2) is 0 Å². The van der Waals surface area contributed by atoms with Gasteiger partial charge in [0.15, 0.2) is 0 Å². The van der Waals surface area contributed by atoms with Crippen LogP contribution >= 0.6 is 0 Å². The van der Waals surface area contributed by atoms with Crippen LogP contribution in [0, 0.1) is 0 Å². The fourth-order valence-corrected chi connectivity index (χ4v) is 0.719. The van der Waals surface area contributed by atoms with Crippen molar-refractivity contribution >= 4 is 16.8 Å². The highest BCUT2D eigenvalue weighted by molar-refractivity contribution is 7.85. The van der Waals surface area contributed by atoms with E-state index >= 15 is 0 Å². The Hall–Kier alpha value is -0.380. The molecule has 0 radical (unpaired) electrons. The number of carboxylic acids is 1. The maximum atomic E-state index is 10.4. The lowest BCUT2D eigenvalue weighted by Crippen LogP contribution is -2.09. The van der Waals surface area contributed by atoms with Gasteiger partial charge in [-0.05, 0) is 0 Å². The number of hydrogen-bond acceptors (Lipinski definition) is 2. The van der Waals surface area contributed by atoms with Crippen molar-refractivity contribution in [2.45, 2.75) is 6.92 Å². The molecule has 1 N–H and O–H groups in total.